The molecule has 0 aliphatic rings. The predicted octanol–water partition coefficient (Wildman–Crippen LogP) is 2.58. The quantitative estimate of drug-likeness (QED) is 0.709. The lowest BCUT2D eigenvalue weighted by atomic mass is 10.2. The number of carbonyl (C=O) groups is 1. The molecule has 0 radical (unpaired) electrons. The fourth-order valence-electron chi connectivity index (χ4n) is 1.99. The van der Waals surface area contributed by atoms with Crippen LogP contribution in [-0.2, 0) is 0 Å². The smallest absolute Gasteiger partial charge is 0.404 e. The molecular weight excluding hydrogens is 381 g/mol. The highest BCUT2D eigenvalue weighted by Crippen LogP contribution is 2.22. The van der Waals surface area contributed by atoms with Crippen molar-refractivity contribution >= 4 is 18.2 Å². The van der Waals surface area contributed by atoms with Crippen LogP contribution in [0.2, 0.25) is 0 Å². The molecular formula is C16H11F3N6O3. The van der Waals surface area contributed by atoms with Crippen LogP contribution in [0.3, 0.4) is 0 Å². The molecule has 3 aromatic rings. The number of ether oxygens (including phenoxy) is 2. The zero-order chi connectivity index (χ0) is 20.1. The molecule has 0 saturated heterocycles. The topological polar surface area (TPSA) is 118 Å². The second-order valence-corrected chi connectivity index (χ2v) is 5.13. The summed E-state index contributed by atoms with van der Waals surface area (Å²) >= 11 is 0. The molecule has 0 bridgehead atoms. The lowest BCUT2D eigenvalue weighted by Crippen LogP contribution is -2.17. The van der Waals surface area contributed by atoms with Crippen LogP contribution in [0.1, 0.15) is 11.4 Å². The number of halogens is 3. The molecule has 28 heavy (non-hydrogen) atoms. The maximum atomic E-state index is 12.2. The number of hydrogen-bond acceptors (Lipinski definition) is 7. The largest absolute Gasteiger partial charge is 0.573 e. The molecule has 0 fully saturated rings. The molecule has 0 aromatic carbocycles. The van der Waals surface area contributed by atoms with E-state index < -0.39 is 18.2 Å². The minimum Gasteiger partial charge on any atom is -0.404 e. The zero-order valence-electron chi connectivity index (χ0n) is 13.9. The molecule has 0 spiro atoms. The molecule has 12 heteroatoms. The number of carbonyl (C=O) groups excluding carboxylic acids is 1. The van der Waals surface area contributed by atoms with Crippen molar-refractivity contribution in [1.82, 2.24) is 24.7 Å². The number of hydrogen-bond donors (Lipinski definition) is 1. The SMILES string of the molecule is NC(=O)Oc1ccc(/C=C/c2ncn(-c3ccc(OC(F)(F)F)cn3)n2)cn1. The Morgan fingerprint density at radius 2 is 1.89 bits per heavy atom. The van der Waals surface area contributed by atoms with Crippen LogP contribution in [-0.4, -0.2) is 37.2 Å². The first-order valence-electron chi connectivity index (χ1n) is 7.54. The minimum atomic E-state index is -4.78. The van der Waals surface area contributed by atoms with Gasteiger partial charge >= 0.3 is 12.5 Å². The van der Waals surface area contributed by atoms with Gasteiger partial charge in [-0.2, -0.15) is 0 Å². The van der Waals surface area contributed by atoms with Crippen molar-refractivity contribution in [2.24, 2.45) is 5.73 Å². The molecule has 3 aromatic heterocycles. The summed E-state index contributed by atoms with van der Waals surface area (Å²) in [6.45, 7) is 0. The van der Waals surface area contributed by atoms with E-state index in [9.17, 15) is 18.0 Å². The molecule has 9 nitrogen and oxygen atoms in total. The Labute approximate surface area is 155 Å². The Bertz CT molecular complexity index is 984. The minimum absolute atomic E-state index is 0.0658. The van der Waals surface area contributed by atoms with Gasteiger partial charge in [-0.05, 0) is 35.9 Å². The molecule has 0 saturated carbocycles. The Hall–Kier alpha value is -3.96. The standard InChI is InChI=1S/C16H11F3N6O3/c17-16(18,19)28-11-3-5-13(21-8-11)25-9-23-12(24-25)4-1-10-2-6-14(22-7-10)27-15(20)26/h1-9H,(H2,20,26)/b4-1+. The lowest BCUT2D eigenvalue weighted by Gasteiger charge is -2.08. The van der Waals surface area contributed by atoms with E-state index in [4.69, 9.17) is 5.73 Å². The average Bonchev–Trinajstić information content (AvgIpc) is 3.09. The van der Waals surface area contributed by atoms with E-state index in [2.05, 4.69) is 29.5 Å². The van der Waals surface area contributed by atoms with Crippen molar-refractivity contribution < 1.29 is 27.4 Å². The summed E-state index contributed by atoms with van der Waals surface area (Å²) < 4.78 is 46.1. The highest BCUT2D eigenvalue weighted by molar-refractivity contribution is 5.68. The predicted molar refractivity (Wildman–Crippen MR) is 89.2 cm³/mol. The van der Waals surface area contributed by atoms with Crippen LogP contribution < -0.4 is 15.2 Å². The fraction of sp³-hybridized carbons (Fsp3) is 0.0625. The number of nitrogens with zero attached hydrogens (tertiary/aromatic N) is 5. The lowest BCUT2D eigenvalue weighted by molar-refractivity contribution is -0.274. The summed E-state index contributed by atoms with van der Waals surface area (Å²) in [5.41, 5.74) is 5.57. The first-order chi connectivity index (χ1) is 13.3. The van der Waals surface area contributed by atoms with Crippen molar-refractivity contribution in [2.45, 2.75) is 6.36 Å². The molecule has 3 heterocycles. The van der Waals surface area contributed by atoms with E-state index in [0.29, 0.717) is 11.4 Å². The monoisotopic (exact) mass is 392 g/mol. The van der Waals surface area contributed by atoms with E-state index in [1.165, 1.54) is 29.3 Å². The summed E-state index contributed by atoms with van der Waals surface area (Å²) in [6, 6.07) is 5.53. The van der Waals surface area contributed by atoms with Crippen molar-refractivity contribution in [3.8, 4) is 17.4 Å². The van der Waals surface area contributed by atoms with Crippen LogP contribution in [0, 0.1) is 0 Å². The van der Waals surface area contributed by atoms with Crippen LogP contribution >= 0.6 is 0 Å². The Morgan fingerprint density at radius 1 is 1.07 bits per heavy atom. The van der Waals surface area contributed by atoms with E-state index in [1.807, 2.05) is 0 Å². The molecule has 1 amide bonds. The van der Waals surface area contributed by atoms with E-state index in [-0.39, 0.29) is 11.7 Å². The number of alkyl halides is 3. The normalized spacial score (nSPS) is 11.5. The van der Waals surface area contributed by atoms with Crippen molar-refractivity contribution in [3.63, 3.8) is 0 Å². The van der Waals surface area contributed by atoms with Crippen molar-refractivity contribution in [3.05, 3.63) is 54.4 Å². The molecule has 144 valence electrons. The van der Waals surface area contributed by atoms with Gasteiger partial charge in [-0.25, -0.2) is 24.4 Å². The van der Waals surface area contributed by atoms with Gasteiger partial charge in [0, 0.05) is 12.3 Å². The van der Waals surface area contributed by atoms with Crippen LogP contribution in [0.5, 0.6) is 11.6 Å². The number of nitrogens with two attached hydrogens (primary N) is 1. The molecule has 0 unspecified atom stereocenters. The van der Waals surface area contributed by atoms with Gasteiger partial charge in [0.2, 0.25) is 5.88 Å². The number of aromatic nitrogens is 5. The molecule has 2 N–H and O–H groups in total. The first-order valence-corrected chi connectivity index (χ1v) is 7.54. The van der Waals surface area contributed by atoms with Gasteiger partial charge in [-0.15, -0.1) is 18.3 Å². The number of primary amides is 1. The van der Waals surface area contributed by atoms with Gasteiger partial charge in [-0.1, -0.05) is 0 Å². The Morgan fingerprint density at radius 3 is 2.50 bits per heavy atom. The van der Waals surface area contributed by atoms with Crippen molar-refractivity contribution in [2.75, 3.05) is 0 Å². The van der Waals surface area contributed by atoms with Crippen LogP contribution in [0.25, 0.3) is 18.0 Å². The fourth-order valence-corrected chi connectivity index (χ4v) is 1.99. The van der Waals surface area contributed by atoms with E-state index in [0.717, 1.165) is 12.3 Å². The van der Waals surface area contributed by atoms with Gasteiger partial charge in [0.05, 0.1) is 6.20 Å². The first kappa shape index (κ1) is 18.8. The molecule has 0 atom stereocenters. The summed E-state index contributed by atoms with van der Waals surface area (Å²) in [5.74, 6) is 0.218. The third-order valence-electron chi connectivity index (χ3n) is 3.09. The second kappa shape index (κ2) is 7.73. The summed E-state index contributed by atoms with van der Waals surface area (Å²) in [4.78, 5) is 22.4. The molecule has 3 rings (SSSR count). The van der Waals surface area contributed by atoms with Gasteiger partial charge in [0.15, 0.2) is 11.6 Å². The third kappa shape index (κ3) is 5.27. The van der Waals surface area contributed by atoms with Gasteiger partial charge in [0.1, 0.15) is 12.1 Å². The second-order valence-electron chi connectivity index (χ2n) is 5.13. The highest BCUT2D eigenvalue weighted by Gasteiger charge is 2.31. The molecule has 0 aliphatic heterocycles. The van der Waals surface area contributed by atoms with E-state index in [1.54, 1.807) is 18.2 Å². The molecule has 0 aliphatic carbocycles. The number of pyridine rings is 2. The highest BCUT2D eigenvalue weighted by atomic mass is 19.4. The van der Waals surface area contributed by atoms with Gasteiger partial charge < -0.3 is 15.2 Å². The maximum absolute atomic E-state index is 12.2. The summed E-state index contributed by atoms with van der Waals surface area (Å²) in [7, 11) is 0. The van der Waals surface area contributed by atoms with Gasteiger partial charge in [0.25, 0.3) is 0 Å². The number of rotatable bonds is 5. The third-order valence-corrected chi connectivity index (χ3v) is 3.09. The van der Waals surface area contributed by atoms with E-state index >= 15 is 0 Å². The zero-order valence-corrected chi connectivity index (χ0v) is 13.9. The Kier molecular flexibility index (Phi) is 5.20. The summed E-state index contributed by atoms with van der Waals surface area (Å²) in [5, 5.41) is 4.14. The van der Waals surface area contributed by atoms with Crippen LogP contribution in [0.15, 0.2) is 43.0 Å². The summed E-state index contributed by atoms with van der Waals surface area (Å²) in [6.07, 6.45) is 1.24. The van der Waals surface area contributed by atoms with Crippen molar-refractivity contribution in [1.29, 1.82) is 0 Å². The van der Waals surface area contributed by atoms with Crippen LogP contribution in [0.4, 0.5) is 18.0 Å². The van der Waals surface area contributed by atoms with Gasteiger partial charge in [-0.3, -0.25) is 0 Å². The average molecular weight is 392 g/mol. The number of amides is 1. The maximum Gasteiger partial charge on any atom is 0.573 e. The Balaban J connectivity index is 1.66.